The van der Waals surface area contributed by atoms with Crippen molar-refractivity contribution >= 4 is 16.8 Å². The number of carbonyl (C=O) groups is 1. The Morgan fingerprint density at radius 3 is 3.10 bits per heavy atom. The number of carbonyl (C=O) groups excluding carboxylic acids is 1. The molecule has 4 heteroatoms. The Bertz CT molecular complexity index is 657. The van der Waals surface area contributed by atoms with Crippen LogP contribution in [0.3, 0.4) is 0 Å². The van der Waals surface area contributed by atoms with Gasteiger partial charge in [-0.1, -0.05) is 30.4 Å². The van der Waals surface area contributed by atoms with Crippen LogP contribution >= 0.6 is 0 Å². The summed E-state index contributed by atoms with van der Waals surface area (Å²) in [7, 11) is 0. The van der Waals surface area contributed by atoms with Crippen molar-refractivity contribution in [2.45, 2.75) is 19.5 Å². The summed E-state index contributed by atoms with van der Waals surface area (Å²) >= 11 is 0. The maximum atomic E-state index is 11.9. The molecule has 1 aromatic heterocycles. The van der Waals surface area contributed by atoms with Crippen LogP contribution in [-0.2, 0) is 11.3 Å². The standard InChI is InChI=1S/C16H19N3O/c1-12-11-13-5-2-3-7-15(13)19(12)10-9-18-16(20)14-6-4-8-17-14/h2-7,11,14,17H,8-10H2,1H3,(H,18,20)/t14-/m1/s1. The number of hydrogen-bond acceptors (Lipinski definition) is 2. The second-order valence-electron chi connectivity index (χ2n) is 5.10. The minimum atomic E-state index is -0.169. The lowest BCUT2D eigenvalue weighted by Gasteiger charge is -2.12. The van der Waals surface area contributed by atoms with Crippen molar-refractivity contribution in [1.29, 1.82) is 0 Å². The van der Waals surface area contributed by atoms with Crippen molar-refractivity contribution in [2.75, 3.05) is 13.1 Å². The Kier molecular flexibility index (Phi) is 3.56. The lowest BCUT2D eigenvalue weighted by Crippen LogP contribution is -2.41. The zero-order valence-electron chi connectivity index (χ0n) is 11.6. The van der Waals surface area contributed by atoms with Gasteiger partial charge in [-0.15, -0.1) is 0 Å². The molecule has 0 saturated heterocycles. The molecule has 0 aliphatic carbocycles. The van der Waals surface area contributed by atoms with Crippen LogP contribution in [0.25, 0.3) is 10.9 Å². The molecule has 2 N–H and O–H groups in total. The second-order valence-corrected chi connectivity index (χ2v) is 5.10. The van der Waals surface area contributed by atoms with E-state index in [0.29, 0.717) is 6.54 Å². The summed E-state index contributed by atoms with van der Waals surface area (Å²) in [6.07, 6.45) is 3.89. The van der Waals surface area contributed by atoms with E-state index in [9.17, 15) is 4.79 Å². The third-order valence-corrected chi connectivity index (χ3v) is 3.72. The van der Waals surface area contributed by atoms with Gasteiger partial charge in [0.25, 0.3) is 0 Å². The molecule has 0 bridgehead atoms. The predicted octanol–water partition coefficient (Wildman–Crippen LogP) is 1.59. The molecule has 3 rings (SSSR count). The van der Waals surface area contributed by atoms with Crippen LogP contribution in [-0.4, -0.2) is 29.6 Å². The Labute approximate surface area is 118 Å². The predicted molar refractivity (Wildman–Crippen MR) is 80.6 cm³/mol. The van der Waals surface area contributed by atoms with Crippen molar-refractivity contribution in [2.24, 2.45) is 0 Å². The van der Waals surface area contributed by atoms with Gasteiger partial charge in [0.15, 0.2) is 0 Å². The van der Waals surface area contributed by atoms with Crippen molar-refractivity contribution < 1.29 is 4.79 Å². The molecule has 0 saturated carbocycles. The zero-order valence-corrected chi connectivity index (χ0v) is 11.6. The molecule has 20 heavy (non-hydrogen) atoms. The highest BCUT2D eigenvalue weighted by Crippen LogP contribution is 2.18. The summed E-state index contributed by atoms with van der Waals surface area (Å²) in [5.74, 6) is 0.0489. The van der Waals surface area contributed by atoms with Crippen LogP contribution in [0.15, 0.2) is 42.5 Å². The van der Waals surface area contributed by atoms with E-state index in [4.69, 9.17) is 0 Å². The van der Waals surface area contributed by atoms with Gasteiger partial charge < -0.3 is 9.88 Å². The first kappa shape index (κ1) is 12.9. The maximum Gasteiger partial charge on any atom is 0.241 e. The lowest BCUT2D eigenvalue weighted by molar-refractivity contribution is -0.121. The molecule has 0 spiro atoms. The molecule has 0 unspecified atom stereocenters. The van der Waals surface area contributed by atoms with Crippen LogP contribution in [0.2, 0.25) is 0 Å². The average Bonchev–Trinajstić information content (AvgIpc) is 3.07. The highest BCUT2D eigenvalue weighted by atomic mass is 16.2. The number of aromatic nitrogens is 1. The molecule has 2 aromatic rings. The topological polar surface area (TPSA) is 46.1 Å². The van der Waals surface area contributed by atoms with E-state index in [1.165, 1.54) is 16.6 Å². The molecule has 2 heterocycles. The SMILES string of the molecule is Cc1cc2ccccc2n1CCNC(=O)[C@H]1C=CCN1. The smallest absolute Gasteiger partial charge is 0.241 e. The number of nitrogens with zero attached hydrogens (tertiary/aromatic N) is 1. The van der Waals surface area contributed by atoms with E-state index in [2.05, 4.69) is 40.3 Å². The molecular formula is C16H19N3O. The number of amides is 1. The van der Waals surface area contributed by atoms with Gasteiger partial charge in [-0.3, -0.25) is 10.1 Å². The van der Waals surface area contributed by atoms with E-state index in [-0.39, 0.29) is 11.9 Å². The van der Waals surface area contributed by atoms with E-state index in [1.54, 1.807) is 0 Å². The van der Waals surface area contributed by atoms with Crippen LogP contribution in [0, 0.1) is 6.92 Å². The van der Waals surface area contributed by atoms with Gasteiger partial charge >= 0.3 is 0 Å². The molecule has 0 radical (unpaired) electrons. The second kappa shape index (κ2) is 5.51. The van der Waals surface area contributed by atoms with Gasteiger partial charge in [0.1, 0.15) is 6.04 Å². The minimum absolute atomic E-state index is 0.0489. The van der Waals surface area contributed by atoms with E-state index >= 15 is 0 Å². The first-order valence-electron chi connectivity index (χ1n) is 6.98. The number of rotatable bonds is 4. The van der Waals surface area contributed by atoms with Crippen molar-refractivity contribution in [3.05, 3.63) is 48.2 Å². The quantitative estimate of drug-likeness (QED) is 0.828. The fraction of sp³-hybridized carbons (Fsp3) is 0.312. The Hall–Kier alpha value is -2.07. The summed E-state index contributed by atoms with van der Waals surface area (Å²) < 4.78 is 2.24. The van der Waals surface area contributed by atoms with Crippen molar-refractivity contribution in [3.8, 4) is 0 Å². The molecule has 0 fully saturated rings. The number of para-hydroxylation sites is 1. The van der Waals surface area contributed by atoms with Crippen LogP contribution in [0.1, 0.15) is 5.69 Å². The Morgan fingerprint density at radius 1 is 1.45 bits per heavy atom. The molecule has 4 nitrogen and oxygen atoms in total. The van der Waals surface area contributed by atoms with E-state index in [0.717, 1.165) is 13.1 Å². The molecule has 1 aromatic carbocycles. The Balaban J connectivity index is 1.64. The first-order chi connectivity index (χ1) is 9.75. The number of benzene rings is 1. The van der Waals surface area contributed by atoms with Crippen molar-refractivity contribution in [3.63, 3.8) is 0 Å². The summed E-state index contributed by atoms with van der Waals surface area (Å²) in [5.41, 5.74) is 2.44. The third kappa shape index (κ3) is 2.47. The number of fused-ring (bicyclic) bond motifs is 1. The van der Waals surface area contributed by atoms with Gasteiger partial charge in [0.05, 0.1) is 0 Å². The van der Waals surface area contributed by atoms with Gasteiger partial charge in [0, 0.05) is 30.8 Å². The number of aryl methyl sites for hydroxylation is 1. The fourth-order valence-corrected chi connectivity index (χ4v) is 2.69. The number of nitrogens with one attached hydrogen (secondary N) is 2. The minimum Gasteiger partial charge on any atom is -0.353 e. The first-order valence-corrected chi connectivity index (χ1v) is 6.98. The number of hydrogen-bond donors (Lipinski definition) is 2. The monoisotopic (exact) mass is 269 g/mol. The molecule has 104 valence electrons. The van der Waals surface area contributed by atoms with Gasteiger partial charge in [0.2, 0.25) is 5.91 Å². The summed E-state index contributed by atoms with van der Waals surface area (Å²) in [6, 6.07) is 10.3. The van der Waals surface area contributed by atoms with Crippen LogP contribution in [0.5, 0.6) is 0 Å². The molecule has 1 atom stereocenters. The zero-order chi connectivity index (χ0) is 13.9. The van der Waals surface area contributed by atoms with E-state index < -0.39 is 0 Å². The summed E-state index contributed by atoms with van der Waals surface area (Å²) in [6.45, 7) is 4.31. The van der Waals surface area contributed by atoms with E-state index in [1.807, 2.05) is 24.3 Å². The van der Waals surface area contributed by atoms with Crippen molar-refractivity contribution in [1.82, 2.24) is 15.2 Å². The highest BCUT2D eigenvalue weighted by Gasteiger charge is 2.16. The molecule has 1 aliphatic heterocycles. The van der Waals surface area contributed by atoms with Gasteiger partial charge in [-0.2, -0.15) is 0 Å². The van der Waals surface area contributed by atoms with Crippen LogP contribution < -0.4 is 10.6 Å². The van der Waals surface area contributed by atoms with Gasteiger partial charge in [-0.05, 0) is 24.4 Å². The molecule has 1 aliphatic rings. The lowest BCUT2D eigenvalue weighted by atomic mass is 10.2. The maximum absolute atomic E-state index is 11.9. The third-order valence-electron chi connectivity index (χ3n) is 3.72. The molecular weight excluding hydrogens is 250 g/mol. The summed E-state index contributed by atoms with van der Waals surface area (Å²) in [4.78, 5) is 11.9. The summed E-state index contributed by atoms with van der Waals surface area (Å²) in [5, 5.41) is 7.34. The average molecular weight is 269 g/mol. The highest BCUT2D eigenvalue weighted by molar-refractivity contribution is 5.84. The normalized spacial score (nSPS) is 17.8. The largest absolute Gasteiger partial charge is 0.353 e. The fourth-order valence-electron chi connectivity index (χ4n) is 2.69. The van der Waals surface area contributed by atoms with Crippen LogP contribution in [0.4, 0.5) is 0 Å². The molecule has 1 amide bonds. The van der Waals surface area contributed by atoms with Gasteiger partial charge in [-0.25, -0.2) is 0 Å². The Morgan fingerprint density at radius 2 is 2.30 bits per heavy atom.